The minimum atomic E-state index is 0.499. The van der Waals surface area contributed by atoms with Crippen LogP contribution in [0.3, 0.4) is 0 Å². The molecular formula is C29H46. The van der Waals surface area contributed by atoms with E-state index in [-0.39, 0.29) is 0 Å². The van der Waals surface area contributed by atoms with Gasteiger partial charge >= 0.3 is 0 Å². The Morgan fingerprint density at radius 2 is 1.59 bits per heavy atom. The topological polar surface area (TPSA) is 0 Å². The summed E-state index contributed by atoms with van der Waals surface area (Å²) in [5.74, 6) is 4.98. The number of fused-ring (bicyclic) bond motifs is 2. The van der Waals surface area contributed by atoms with Crippen molar-refractivity contribution in [2.45, 2.75) is 111 Å². The van der Waals surface area contributed by atoms with E-state index in [1.54, 1.807) is 23.1 Å². The minimum Gasteiger partial charge on any atom is -0.0654 e. The molecule has 0 radical (unpaired) electrons. The highest BCUT2D eigenvalue weighted by Crippen LogP contribution is 2.56. The van der Waals surface area contributed by atoms with Crippen molar-refractivity contribution in [3.05, 3.63) is 34.9 Å². The fourth-order valence-corrected chi connectivity index (χ4v) is 7.28. The lowest BCUT2D eigenvalue weighted by atomic mass is 9.67. The third-order valence-corrected chi connectivity index (χ3v) is 9.52. The summed E-state index contributed by atoms with van der Waals surface area (Å²) < 4.78 is 0. The minimum absolute atomic E-state index is 0.499. The van der Waals surface area contributed by atoms with Crippen molar-refractivity contribution in [3.63, 3.8) is 0 Å². The zero-order valence-electron chi connectivity index (χ0n) is 19.8. The maximum absolute atomic E-state index is 2.64. The van der Waals surface area contributed by atoms with Gasteiger partial charge in [-0.25, -0.2) is 0 Å². The van der Waals surface area contributed by atoms with Crippen molar-refractivity contribution < 1.29 is 0 Å². The monoisotopic (exact) mass is 394 g/mol. The van der Waals surface area contributed by atoms with E-state index in [1.165, 1.54) is 77.0 Å². The van der Waals surface area contributed by atoms with Crippen LogP contribution in [0.1, 0.15) is 109 Å². The Kier molecular flexibility index (Phi) is 6.77. The van der Waals surface area contributed by atoms with Crippen LogP contribution in [0.2, 0.25) is 0 Å². The van der Waals surface area contributed by atoms with Gasteiger partial charge in [0.1, 0.15) is 0 Å². The molecule has 0 heterocycles. The largest absolute Gasteiger partial charge is 0.0654 e. The zero-order valence-corrected chi connectivity index (χ0v) is 19.8. The molecule has 4 rings (SSSR count). The van der Waals surface area contributed by atoms with Gasteiger partial charge in [0, 0.05) is 0 Å². The van der Waals surface area contributed by atoms with Gasteiger partial charge in [-0.3, -0.25) is 0 Å². The molecule has 0 aromatic heterocycles. The smallest absolute Gasteiger partial charge is 0.0239 e. The number of unbranched alkanes of at least 4 members (excludes halogenated alkanes) is 2. The van der Waals surface area contributed by atoms with Gasteiger partial charge < -0.3 is 0 Å². The molecular weight excluding hydrogens is 348 g/mol. The van der Waals surface area contributed by atoms with Crippen LogP contribution in [0.4, 0.5) is 0 Å². The lowest BCUT2D eigenvalue weighted by Crippen LogP contribution is -2.32. The molecule has 0 aliphatic heterocycles. The number of hydrogen-bond donors (Lipinski definition) is 0. The molecule has 0 spiro atoms. The molecule has 0 N–H and O–H groups in total. The molecule has 3 aliphatic carbocycles. The second kappa shape index (κ2) is 9.15. The van der Waals surface area contributed by atoms with E-state index in [4.69, 9.17) is 0 Å². The molecule has 0 bridgehead atoms. The second-order valence-corrected chi connectivity index (χ2v) is 11.6. The fraction of sp³-hybridized carbons (Fsp3) is 0.793. The van der Waals surface area contributed by atoms with Gasteiger partial charge in [-0.1, -0.05) is 78.0 Å². The number of hydrogen-bond acceptors (Lipinski definition) is 0. The molecule has 0 amide bonds. The van der Waals surface area contributed by atoms with Crippen LogP contribution in [0, 0.1) is 35.0 Å². The van der Waals surface area contributed by atoms with Gasteiger partial charge in [0.2, 0.25) is 0 Å². The second-order valence-electron chi connectivity index (χ2n) is 11.6. The third kappa shape index (κ3) is 4.62. The van der Waals surface area contributed by atoms with Crippen LogP contribution < -0.4 is 0 Å². The van der Waals surface area contributed by atoms with E-state index < -0.39 is 0 Å². The Morgan fingerprint density at radius 1 is 0.828 bits per heavy atom. The van der Waals surface area contributed by atoms with Gasteiger partial charge in [0.25, 0.3) is 0 Å². The average molecular weight is 395 g/mol. The first-order chi connectivity index (χ1) is 14.0. The standard InChI is InChI=1S/C29H46/c1-5-7-9-21-11-13-23-17-27(19-25(23)15-21)29(3,4)28-18-24-14-12-22(10-8-6-2)16-26(24)20-28/h11,13,15,22,24,26-28H,5-10,12,14,16-20H2,1-4H3. The first-order valence-corrected chi connectivity index (χ1v) is 13.1. The Hall–Kier alpha value is -0.780. The summed E-state index contributed by atoms with van der Waals surface area (Å²) in [5, 5.41) is 0. The van der Waals surface area contributed by atoms with Crippen LogP contribution >= 0.6 is 0 Å². The maximum Gasteiger partial charge on any atom is -0.0239 e. The summed E-state index contributed by atoms with van der Waals surface area (Å²) in [6, 6.07) is 7.46. The fourth-order valence-electron chi connectivity index (χ4n) is 7.28. The summed E-state index contributed by atoms with van der Waals surface area (Å²) in [4.78, 5) is 0. The summed E-state index contributed by atoms with van der Waals surface area (Å²) in [6.07, 6.45) is 18.6. The Morgan fingerprint density at radius 3 is 2.38 bits per heavy atom. The Balaban J connectivity index is 1.38. The van der Waals surface area contributed by atoms with E-state index in [2.05, 4.69) is 45.9 Å². The molecule has 0 heteroatoms. The molecule has 2 fully saturated rings. The van der Waals surface area contributed by atoms with Crippen molar-refractivity contribution in [2.75, 3.05) is 0 Å². The quantitative estimate of drug-likeness (QED) is 0.415. The van der Waals surface area contributed by atoms with Gasteiger partial charge in [0.05, 0.1) is 0 Å². The average Bonchev–Trinajstić information content (AvgIpc) is 3.34. The van der Waals surface area contributed by atoms with Crippen molar-refractivity contribution in [1.82, 2.24) is 0 Å². The van der Waals surface area contributed by atoms with Crippen molar-refractivity contribution in [2.24, 2.45) is 35.0 Å². The normalized spacial score (nSPS) is 31.7. The Labute approximate surface area is 181 Å². The summed E-state index contributed by atoms with van der Waals surface area (Å²) in [7, 11) is 0. The van der Waals surface area contributed by atoms with Crippen molar-refractivity contribution in [1.29, 1.82) is 0 Å². The molecule has 162 valence electrons. The molecule has 0 nitrogen and oxygen atoms in total. The highest BCUT2D eigenvalue weighted by Gasteiger charge is 2.47. The van der Waals surface area contributed by atoms with E-state index >= 15 is 0 Å². The van der Waals surface area contributed by atoms with Crippen LogP contribution in [0.25, 0.3) is 0 Å². The molecule has 1 aromatic carbocycles. The highest BCUT2D eigenvalue weighted by atomic mass is 14.5. The lowest BCUT2D eigenvalue weighted by Gasteiger charge is -2.38. The number of rotatable bonds is 8. The van der Waals surface area contributed by atoms with E-state index in [0.29, 0.717) is 5.41 Å². The molecule has 2 saturated carbocycles. The first-order valence-electron chi connectivity index (χ1n) is 13.1. The van der Waals surface area contributed by atoms with Gasteiger partial charge in [-0.15, -0.1) is 0 Å². The molecule has 3 aliphatic rings. The van der Waals surface area contributed by atoms with Crippen LogP contribution in [-0.2, 0) is 19.3 Å². The van der Waals surface area contributed by atoms with E-state index in [0.717, 1.165) is 29.6 Å². The maximum atomic E-state index is 2.64. The van der Waals surface area contributed by atoms with Crippen molar-refractivity contribution >= 4 is 0 Å². The Bertz CT molecular complexity index is 669. The molecule has 1 aromatic rings. The van der Waals surface area contributed by atoms with Crippen LogP contribution in [0.15, 0.2) is 18.2 Å². The lowest BCUT2D eigenvalue weighted by molar-refractivity contribution is 0.118. The summed E-state index contributed by atoms with van der Waals surface area (Å²) in [6.45, 7) is 9.93. The SMILES string of the molecule is CCCCc1ccc2c(c1)CC(C(C)(C)C1CC3CCC(CCCC)CC3C1)C2. The van der Waals surface area contributed by atoms with Gasteiger partial charge in [-0.05, 0) is 103 Å². The van der Waals surface area contributed by atoms with Gasteiger partial charge in [-0.2, -0.15) is 0 Å². The molecule has 29 heavy (non-hydrogen) atoms. The van der Waals surface area contributed by atoms with E-state index in [1.807, 2.05) is 0 Å². The van der Waals surface area contributed by atoms with Crippen molar-refractivity contribution in [3.8, 4) is 0 Å². The zero-order chi connectivity index (χ0) is 20.4. The van der Waals surface area contributed by atoms with E-state index in [9.17, 15) is 0 Å². The highest BCUT2D eigenvalue weighted by molar-refractivity contribution is 5.37. The molecule has 5 atom stereocenters. The number of aryl methyl sites for hydroxylation is 1. The van der Waals surface area contributed by atoms with Crippen LogP contribution in [-0.4, -0.2) is 0 Å². The first kappa shape index (κ1) is 21.5. The molecule has 5 unspecified atom stereocenters. The van der Waals surface area contributed by atoms with Crippen LogP contribution in [0.5, 0.6) is 0 Å². The number of benzene rings is 1. The third-order valence-electron chi connectivity index (χ3n) is 9.52. The molecule has 0 saturated heterocycles. The summed E-state index contributed by atoms with van der Waals surface area (Å²) >= 11 is 0. The van der Waals surface area contributed by atoms with Gasteiger partial charge in [0.15, 0.2) is 0 Å². The summed E-state index contributed by atoms with van der Waals surface area (Å²) in [5.41, 5.74) is 5.43. The predicted octanol–water partition coefficient (Wildman–Crippen LogP) is 8.40. The predicted molar refractivity (Wildman–Crippen MR) is 126 cm³/mol.